The summed E-state index contributed by atoms with van der Waals surface area (Å²) in [5.41, 5.74) is 4.45. The van der Waals surface area contributed by atoms with Gasteiger partial charge in [0, 0.05) is 19.1 Å². The number of hydrogen-bond acceptors (Lipinski definition) is 3. The highest BCUT2D eigenvalue weighted by atomic mass is 35.5. The van der Waals surface area contributed by atoms with Gasteiger partial charge in [0.15, 0.2) is 0 Å². The molecule has 1 aromatic rings. The predicted octanol–water partition coefficient (Wildman–Crippen LogP) is 2.08. The maximum atomic E-state index is 12.7. The average Bonchev–Trinajstić information content (AvgIpc) is 2.75. The van der Waals surface area contributed by atoms with Gasteiger partial charge in [-0.1, -0.05) is 11.6 Å². The molecule has 1 fully saturated rings. The lowest BCUT2D eigenvalue weighted by Crippen LogP contribution is -2.32. The molecule has 1 aromatic carbocycles. The van der Waals surface area contributed by atoms with Crippen molar-refractivity contribution in [3.63, 3.8) is 0 Å². The lowest BCUT2D eigenvalue weighted by molar-refractivity contribution is -0.137. The van der Waals surface area contributed by atoms with Gasteiger partial charge in [-0.05, 0) is 24.6 Å². The molecule has 2 rings (SSSR count). The summed E-state index contributed by atoms with van der Waals surface area (Å²) in [7, 11) is -3.98. The van der Waals surface area contributed by atoms with Crippen molar-refractivity contribution < 1.29 is 21.6 Å². The molecule has 0 spiro atoms. The van der Waals surface area contributed by atoms with E-state index in [0.29, 0.717) is 12.5 Å². The number of nitrogens with two attached hydrogens (primary N) is 1. The van der Waals surface area contributed by atoms with Crippen molar-refractivity contribution >= 4 is 21.6 Å². The Balaban J connectivity index is 2.43. The largest absolute Gasteiger partial charge is 0.417 e. The maximum absolute atomic E-state index is 12.7. The molecule has 1 aliphatic rings. The van der Waals surface area contributed by atoms with Crippen molar-refractivity contribution in [3.8, 4) is 0 Å². The quantitative estimate of drug-likeness (QED) is 0.904. The van der Waals surface area contributed by atoms with Gasteiger partial charge in [-0.25, -0.2) is 8.42 Å². The van der Waals surface area contributed by atoms with Gasteiger partial charge in [-0.15, -0.1) is 0 Å². The Morgan fingerprint density at radius 2 is 2.00 bits per heavy atom. The third kappa shape index (κ3) is 2.93. The number of halogens is 4. The SMILES string of the molecule is NC1CCN(S(=O)(=O)c2ccc(Cl)c(C(F)(F)F)c2)C1. The van der Waals surface area contributed by atoms with Gasteiger partial charge in [0.25, 0.3) is 0 Å². The predicted molar refractivity (Wildman–Crippen MR) is 67.8 cm³/mol. The van der Waals surface area contributed by atoms with Crippen LogP contribution in [0.1, 0.15) is 12.0 Å². The van der Waals surface area contributed by atoms with Crippen LogP contribution in [-0.4, -0.2) is 31.9 Å². The van der Waals surface area contributed by atoms with Crippen molar-refractivity contribution in [2.75, 3.05) is 13.1 Å². The normalized spacial score (nSPS) is 21.4. The molecule has 1 heterocycles. The topological polar surface area (TPSA) is 63.4 Å². The molecule has 0 radical (unpaired) electrons. The van der Waals surface area contributed by atoms with E-state index in [2.05, 4.69) is 0 Å². The standard InChI is InChI=1S/C11H12ClF3N2O2S/c12-10-2-1-8(5-9(10)11(13,14)15)20(18,19)17-4-3-7(16)6-17/h1-2,5,7H,3-4,6,16H2. The van der Waals surface area contributed by atoms with Crippen LogP contribution in [0.5, 0.6) is 0 Å². The van der Waals surface area contributed by atoms with Crippen LogP contribution in [0.25, 0.3) is 0 Å². The summed E-state index contributed by atoms with van der Waals surface area (Å²) in [6, 6.07) is 2.27. The fourth-order valence-electron chi connectivity index (χ4n) is 2.00. The molecule has 112 valence electrons. The first-order chi connectivity index (χ1) is 9.12. The number of nitrogens with zero attached hydrogens (tertiary/aromatic N) is 1. The zero-order valence-electron chi connectivity index (χ0n) is 10.2. The van der Waals surface area contributed by atoms with E-state index < -0.39 is 31.7 Å². The van der Waals surface area contributed by atoms with E-state index >= 15 is 0 Å². The molecule has 0 amide bonds. The molecular formula is C11H12ClF3N2O2S. The summed E-state index contributed by atoms with van der Waals surface area (Å²) in [4.78, 5) is -0.427. The zero-order chi connectivity index (χ0) is 15.1. The molecule has 1 atom stereocenters. The van der Waals surface area contributed by atoms with Crippen LogP contribution in [0.15, 0.2) is 23.1 Å². The van der Waals surface area contributed by atoms with E-state index in [4.69, 9.17) is 17.3 Å². The molecule has 0 bridgehead atoms. The van der Waals surface area contributed by atoms with Gasteiger partial charge in [0.05, 0.1) is 15.5 Å². The fourth-order valence-corrected chi connectivity index (χ4v) is 3.77. The van der Waals surface area contributed by atoms with E-state index in [9.17, 15) is 21.6 Å². The number of hydrogen-bond donors (Lipinski definition) is 1. The monoisotopic (exact) mass is 328 g/mol. The molecular weight excluding hydrogens is 317 g/mol. The average molecular weight is 329 g/mol. The van der Waals surface area contributed by atoms with Crippen LogP contribution in [0.3, 0.4) is 0 Å². The summed E-state index contributed by atoms with van der Waals surface area (Å²) >= 11 is 5.47. The lowest BCUT2D eigenvalue weighted by Gasteiger charge is -2.17. The molecule has 4 nitrogen and oxygen atoms in total. The molecule has 1 saturated heterocycles. The lowest BCUT2D eigenvalue weighted by atomic mass is 10.2. The number of sulfonamides is 1. The van der Waals surface area contributed by atoms with Crippen LogP contribution in [-0.2, 0) is 16.2 Å². The summed E-state index contributed by atoms with van der Waals surface area (Å²) in [6.45, 7) is 0.305. The first kappa shape index (κ1) is 15.6. The summed E-state index contributed by atoms with van der Waals surface area (Å²) in [5, 5.41) is -0.533. The van der Waals surface area contributed by atoms with Gasteiger partial charge in [0.1, 0.15) is 0 Å². The molecule has 1 unspecified atom stereocenters. The highest BCUT2D eigenvalue weighted by Crippen LogP contribution is 2.36. The summed E-state index contributed by atoms with van der Waals surface area (Å²) in [6.07, 6.45) is -4.22. The second-order valence-electron chi connectivity index (χ2n) is 4.55. The molecule has 0 aromatic heterocycles. The van der Waals surface area contributed by atoms with Gasteiger partial charge in [-0.3, -0.25) is 0 Å². The van der Waals surface area contributed by atoms with E-state index in [1.807, 2.05) is 0 Å². The molecule has 20 heavy (non-hydrogen) atoms. The third-order valence-corrected chi connectivity index (χ3v) is 5.26. The van der Waals surface area contributed by atoms with Crippen LogP contribution in [0, 0.1) is 0 Å². The minimum absolute atomic E-state index is 0.103. The number of alkyl halides is 3. The third-order valence-electron chi connectivity index (χ3n) is 3.07. The van der Waals surface area contributed by atoms with Crippen molar-refractivity contribution in [3.05, 3.63) is 28.8 Å². The van der Waals surface area contributed by atoms with E-state index in [0.717, 1.165) is 16.4 Å². The Bertz CT molecular complexity index is 619. The van der Waals surface area contributed by atoms with Gasteiger partial charge >= 0.3 is 6.18 Å². The highest BCUT2D eigenvalue weighted by molar-refractivity contribution is 7.89. The molecule has 1 aliphatic heterocycles. The minimum atomic E-state index is -4.70. The number of rotatable bonds is 2. The Hall–Kier alpha value is -0.830. The zero-order valence-corrected chi connectivity index (χ0v) is 11.8. The maximum Gasteiger partial charge on any atom is 0.417 e. The summed E-state index contributed by atoms with van der Waals surface area (Å²) < 4.78 is 63.8. The van der Waals surface area contributed by atoms with Gasteiger partial charge in [0.2, 0.25) is 10.0 Å². The molecule has 9 heteroatoms. The molecule has 0 aliphatic carbocycles. The minimum Gasteiger partial charge on any atom is -0.326 e. The summed E-state index contributed by atoms with van der Waals surface area (Å²) in [5.74, 6) is 0. The van der Waals surface area contributed by atoms with E-state index in [1.54, 1.807) is 0 Å². The second kappa shape index (κ2) is 5.18. The Kier molecular flexibility index (Phi) is 4.03. The van der Waals surface area contributed by atoms with E-state index in [1.165, 1.54) is 0 Å². The van der Waals surface area contributed by atoms with Crippen LogP contribution < -0.4 is 5.73 Å². The first-order valence-corrected chi connectivity index (χ1v) is 7.56. The van der Waals surface area contributed by atoms with Crippen LogP contribution >= 0.6 is 11.6 Å². The van der Waals surface area contributed by atoms with Crippen LogP contribution in [0.4, 0.5) is 13.2 Å². The van der Waals surface area contributed by atoms with Gasteiger partial charge < -0.3 is 5.73 Å². The first-order valence-electron chi connectivity index (χ1n) is 5.75. The van der Waals surface area contributed by atoms with Crippen molar-refractivity contribution in [1.29, 1.82) is 0 Å². The second-order valence-corrected chi connectivity index (χ2v) is 6.90. The van der Waals surface area contributed by atoms with E-state index in [-0.39, 0.29) is 19.1 Å². The van der Waals surface area contributed by atoms with Crippen molar-refractivity contribution in [1.82, 2.24) is 4.31 Å². The highest BCUT2D eigenvalue weighted by Gasteiger charge is 2.36. The Morgan fingerprint density at radius 1 is 1.35 bits per heavy atom. The fraction of sp³-hybridized carbons (Fsp3) is 0.455. The van der Waals surface area contributed by atoms with Crippen LogP contribution in [0.2, 0.25) is 5.02 Å². The van der Waals surface area contributed by atoms with Crippen molar-refractivity contribution in [2.24, 2.45) is 5.73 Å². The Labute approximate surface area is 119 Å². The smallest absolute Gasteiger partial charge is 0.326 e. The number of benzene rings is 1. The molecule has 2 N–H and O–H groups in total. The van der Waals surface area contributed by atoms with Crippen molar-refractivity contribution in [2.45, 2.75) is 23.5 Å². The van der Waals surface area contributed by atoms with Gasteiger partial charge in [-0.2, -0.15) is 17.5 Å². The Morgan fingerprint density at radius 3 is 2.50 bits per heavy atom. The molecule has 0 saturated carbocycles.